The Morgan fingerprint density at radius 1 is 1.16 bits per heavy atom. The lowest BCUT2D eigenvalue weighted by Gasteiger charge is -2.12. The van der Waals surface area contributed by atoms with Gasteiger partial charge in [0.2, 0.25) is 5.91 Å². The van der Waals surface area contributed by atoms with E-state index < -0.39 is 0 Å². The summed E-state index contributed by atoms with van der Waals surface area (Å²) in [5.74, 6) is 0.342. The van der Waals surface area contributed by atoms with Gasteiger partial charge in [-0.05, 0) is 56.2 Å². The molecular weight excluding hydrogens is 447 g/mol. The van der Waals surface area contributed by atoms with E-state index >= 15 is 0 Å². The lowest BCUT2D eigenvalue weighted by atomic mass is 10.2. The van der Waals surface area contributed by atoms with E-state index in [4.69, 9.17) is 0 Å². The molecule has 1 amide bonds. The van der Waals surface area contributed by atoms with Crippen LogP contribution in [0, 0.1) is 5.82 Å². The Labute approximate surface area is 192 Å². The third-order valence-electron chi connectivity index (χ3n) is 5.04. The van der Waals surface area contributed by atoms with Gasteiger partial charge in [-0.15, -0.1) is 21.5 Å². The molecule has 1 aromatic carbocycles. The lowest BCUT2D eigenvalue weighted by molar-refractivity contribution is -0.115. The van der Waals surface area contributed by atoms with Crippen molar-refractivity contribution in [2.75, 3.05) is 5.32 Å². The van der Waals surface area contributed by atoms with Crippen LogP contribution in [0.2, 0.25) is 0 Å². The monoisotopic (exact) mass is 466 g/mol. The number of nitrogens with one attached hydrogen (secondary N) is 1. The molecule has 0 spiro atoms. The molecule has 162 valence electrons. The minimum absolute atomic E-state index is 0.161. The van der Waals surface area contributed by atoms with E-state index in [1.165, 1.54) is 35.2 Å². The quantitative estimate of drug-likeness (QED) is 0.383. The smallest absolute Gasteiger partial charge is 0.239 e. The van der Waals surface area contributed by atoms with Crippen molar-refractivity contribution >= 4 is 34.1 Å². The fourth-order valence-electron chi connectivity index (χ4n) is 3.22. The molecule has 1 N–H and O–H groups in total. The highest BCUT2D eigenvalue weighted by Crippen LogP contribution is 2.41. The first-order valence-corrected chi connectivity index (χ1v) is 11.9. The van der Waals surface area contributed by atoms with E-state index in [0.717, 1.165) is 34.9 Å². The van der Waals surface area contributed by atoms with Crippen molar-refractivity contribution in [3.05, 3.63) is 60.0 Å². The molecule has 5 rings (SSSR count). The molecule has 1 aliphatic carbocycles. The van der Waals surface area contributed by atoms with Crippen molar-refractivity contribution < 1.29 is 9.18 Å². The Bertz CT molecular complexity index is 1240. The first-order valence-electron chi connectivity index (χ1n) is 10.1. The number of carbonyl (C=O) groups excluding carboxylic acids is 1. The molecule has 1 fully saturated rings. The molecule has 0 radical (unpaired) electrons. The number of anilines is 1. The Balaban J connectivity index is 1.29. The van der Waals surface area contributed by atoms with Gasteiger partial charge in [0.1, 0.15) is 5.82 Å². The topological polar surface area (TPSA) is 85.6 Å². The predicted molar refractivity (Wildman–Crippen MR) is 123 cm³/mol. The molecule has 0 saturated heterocycles. The molecule has 7 nitrogen and oxygen atoms in total. The van der Waals surface area contributed by atoms with Crippen LogP contribution in [0.5, 0.6) is 0 Å². The Kier molecular flexibility index (Phi) is 5.71. The van der Waals surface area contributed by atoms with Crippen LogP contribution in [0.4, 0.5) is 9.52 Å². The number of hydrogen-bond acceptors (Lipinski definition) is 7. The molecule has 32 heavy (non-hydrogen) atoms. The molecular formula is C22H19FN6OS2. The van der Waals surface area contributed by atoms with E-state index in [1.807, 2.05) is 24.4 Å². The van der Waals surface area contributed by atoms with Crippen molar-refractivity contribution in [1.82, 2.24) is 24.7 Å². The van der Waals surface area contributed by atoms with E-state index in [0.29, 0.717) is 16.9 Å². The third kappa shape index (κ3) is 4.42. The summed E-state index contributed by atoms with van der Waals surface area (Å²) < 4.78 is 15.3. The molecule has 3 aromatic heterocycles. The van der Waals surface area contributed by atoms with E-state index in [2.05, 4.69) is 30.0 Å². The van der Waals surface area contributed by atoms with Crippen molar-refractivity contribution in [3.8, 4) is 22.6 Å². The van der Waals surface area contributed by atoms with E-state index in [-0.39, 0.29) is 17.0 Å². The molecule has 3 heterocycles. The van der Waals surface area contributed by atoms with Gasteiger partial charge in [-0.1, -0.05) is 11.8 Å². The number of halogens is 1. The molecule has 1 unspecified atom stereocenters. The van der Waals surface area contributed by atoms with Crippen molar-refractivity contribution in [2.24, 2.45) is 0 Å². The molecule has 0 aliphatic heterocycles. The predicted octanol–water partition coefficient (Wildman–Crippen LogP) is 5.06. The van der Waals surface area contributed by atoms with Gasteiger partial charge in [0.25, 0.3) is 0 Å². The zero-order chi connectivity index (χ0) is 22.1. The number of amides is 1. The van der Waals surface area contributed by atoms with Gasteiger partial charge in [0, 0.05) is 34.9 Å². The number of benzene rings is 1. The maximum Gasteiger partial charge on any atom is 0.239 e. The fraction of sp³-hybridized carbons (Fsp3) is 0.227. The molecule has 1 atom stereocenters. The summed E-state index contributed by atoms with van der Waals surface area (Å²) in [6.45, 7) is 1.84. The second kappa shape index (κ2) is 8.79. The Hall–Kier alpha value is -3.11. The average molecular weight is 467 g/mol. The Morgan fingerprint density at radius 2 is 1.91 bits per heavy atom. The number of thioether (sulfide) groups is 1. The average Bonchev–Trinajstić information content (AvgIpc) is 3.39. The van der Waals surface area contributed by atoms with Crippen molar-refractivity contribution in [2.45, 2.75) is 36.2 Å². The van der Waals surface area contributed by atoms with Gasteiger partial charge < -0.3 is 5.32 Å². The van der Waals surface area contributed by atoms with Gasteiger partial charge in [-0.2, -0.15) is 0 Å². The molecule has 10 heteroatoms. The number of rotatable bonds is 7. The molecule has 1 aliphatic rings. The number of aromatic nitrogens is 5. The summed E-state index contributed by atoms with van der Waals surface area (Å²) in [6.07, 6.45) is 5.63. The summed E-state index contributed by atoms with van der Waals surface area (Å²) in [4.78, 5) is 21.3. The SMILES string of the molecule is CC(Sc1nnc(-c2ccncc2)n1C1CC1)C(=O)Nc1nc(-c2ccc(F)cc2)cs1. The normalized spacial score (nSPS) is 14.3. The van der Waals surface area contributed by atoms with Crippen LogP contribution in [0.3, 0.4) is 0 Å². The zero-order valence-corrected chi connectivity index (χ0v) is 18.7. The summed E-state index contributed by atoms with van der Waals surface area (Å²) in [5, 5.41) is 14.3. The highest BCUT2D eigenvalue weighted by atomic mass is 32.2. The van der Waals surface area contributed by atoms with Crippen molar-refractivity contribution in [3.63, 3.8) is 0 Å². The first kappa shape index (κ1) is 20.8. The third-order valence-corrected chi connectivity index (χ3v) is 6.86. The van der Waals surface area contributed by atoms with Gasteiger partial charge >= 0.3 is 0 Å². The fourth-order valence-corrected chi connectivity index (χ4v) is 4.86. The van der Waals surface area contributed by atoms with Gasteiger partial charge in [0.05, 0.1) is 10.9 Å². The van der Waals surface area contributed by atoms with Gasteiger partial charge in [-0.25, -0.2) is 9.37 Å². The second-order valence-electron chi connectivity index (χ2n) is 7.44. The van der Waals surface area contributed by atoms with Crippen LogP contribution in [-0.4, -0.2) is 35.9 Å². The largest absolute Gasteiger partial charge is 0.301 e. The second-order valence-corrected chi connectivity index (χ2v) is 9.60. The summed E-state index contributed by atoms with van der Waals surface area (Å²) in [6, 6.07) is 10.3. The summed E-state index contributed by atoms with van der Waals surface area (Å²) in [7, 11) is 0. The number of pyridine rings is 1. The van der Waals surface area contributed by atoms with Crippen LogP contribution >= 0.6 is 23.1 Å². The maximum atomic E-state index is 13.1. The van der Waals surface area contributed by atoms with Crippen LogP contribution in [0.1, 0.15) is 25.8 Å². The van der Waals surface area contributed by atoms with Crippen LogP contribution < -0.4 is 5.32 Å². The number of hydrogen-bond donors (Lipinski definition) is 1. The molecule has 4 aromatic rings. The number of carbonyl (C=O) groups is 1. The minimum Gasteiger partial charge on any atom is -0.301 e. The minimum atomic E-state index is -0.389. The summed E-state index contributed by atoms with van der Waals surface area (Å²) >= 11 is 2.72. The van der Waals surface area contributed by atoms with Crippen LogP contribution in [-0.2, 0) is 4.79 Å². The van der Waals surface area contributed by atoms with E-state index in [9.17, 15) is 9.18 Å². The zero-order valence-electron chi connectivity index (χ0n) is 17.1. The van der Waals surface area contributed by atoms with Crippen LogP contribution in [0.15, 0.2) is 59.3 Å². The number of thiazole rings is 1. The Morgan fingerprint density at radius 3 is 2.62 bits per heavy atom. The summed E-state index contributed by atoms with van der Waals surface area (Å²) in [5.41, 5.74) is 2.45. The number of nitrogens with zero attached hydrogens (tertiary/aromatic N) is 5. The highest BCUT2D eigenvalue weighted by Gasteiger charge is 2.31. The molecule has 1 saturated carbocycles. The maximum absolute atomic E-state index is 13.1. The van der Waals surface area contributed by atoms with E-state index in [1.54, 1.807) is 24.5 Å². The standard InChI is InChI=1S/C22H19FN6OS2/c1-13(20(30)26-21-25-18(12-31-21)14-2-4-16(23)5-3-14)32-22-28-27-19(29(22)17-6-7-17)15-8-10-24-11-9-15/h2-5,8-13,17H,6-7H2,1H3,(H,25,26,30). The van der Waals surface area contributed by atoms with Crippen LogP contribution in [0.25, 0.3) is 22.6 Å². The van der Waals surface area contributed by atoms with Crippen molar-refractivity contribution in [1.29, 1.82) is 0 Å². The first-order chi connectivity index (χ1) is 15.6. The highest BCUT2D eigenvalue weighted by molar-refractivity contribution is 8.00. The molecule has 0 bridgehead atoms. The van der Waals surface area contributed by atoms with Gasteiger partial charge in [0.15, 0.2) is 16.1 Å². The van der Waals surface area contributed by atoms with Gasteiger partial charge in [-0.3, -0.25) is 14.3 Å². The lowest BCUT2D eigenvalue weighted by Crippen LogP contribution is -2.22.